The monoisotopic (exact) mass is 274 g/mol. The first-order valence-corrected chi connectivity index (χ1v) is 8.01. The van der Waals surface area contributed by atoms with E-state index in [-0.39, 0.29) is 11.6 Å². The van der Waals surface area contributed by atoms with E-state index in [0.717, 1.165) is 25.1 Å². The fraction of sp³-hybridized carbons (Fsp3) is 0.706. The van der Waals surface area contributed by atoms with Crippen LogP contribution in [-0.4, -0.2) is 17.2 Å². The molecule has 2 heterocycles. The number of rotatable bonds is 2. The van der Waals surface area contributed by atoms with Gasteiger partial charge in [-0.1, -0.05) is 25.3 Å². The number of hydrogen-bond donors (Lipinski definition) is 1. The first-order valence-electron chi connectivity index (χ1n) is 8.01. The molecule has 2 atom stereocenters. The van der Waals surface area contributed by atoms with Gasteiger partial charge in [-0.05, 0) is 50.2 Å². The molecule has 1 spiro atoms. The first-order chi connectivity index (χ1) is 9.70. The van der Waals surface area contributed by atoms with Crippen LogP contribution < -0.4 is 5.73 Å². The van der Waals surface area contributed by atoms with Crippen molar-refractivity contribution in [3.8, 4) is 0 Å². The van der Waals surface area contributed by atoms with Crippen molar-refractivity contribution in [2.45, 2.75) is 63.5 Å². The number of nitrogens with two attached hydrogens (primary N) is 1. The van der Waals surface area contributed by atoms with Crippen LogP contribution in [-0.2, 0) is 4.74 Å². The smallest absolute Gasteiger partial charge is 0.0685 e. The Hall–Kier alpha value is -0.930. The van der Waals surface area contributed by atoms with Gasteiger partial charge in [-0.15, -0.1) is 0 Å². The number of aromatic nitrogens is 1. The van der Waals surface area contributed by atoms with Crippen LogP contribution in [0.3, 0.4) is 0 Å². The van der Waals surface area contributed by atoms with Crippen LogP contribution in [0.2, 0.25) is 0 Å². The average Bonchev–Trinajstić information content (AvgIpc) is 2.48. The predicted molar refractivity (Wildman–Crippen MR) is 80.4 cm³/mol. The summed E-state index contributed by atoms with van der Waals surface area (Å²) < 4.78 is 6.18. The molecule has 1 aromatic rings. The Labute approximate surface area is 121 Å². The van der Waals surface area contributed by atoms with Gasteiger partial charge in [-0.25, -0.2) is 0 Å². The Morgan fingerprint density at radius 1 is 1.35 bits per heavy atom. The third-order valence-corrected chi connectivity index (χ3v) is 5.21. The summed E-state index contributed by atoms with van der Waals surface area (Å²) in [5.41, 5.74) is 8.99. The Balaban J connectivity index is 1.75. The van der Waals surface area contributed by atoms with Gasteiger partial charge in [0.05, 0.1) is 5.60 Å². The van der Waals surface area contributed by atoms with E-state index < -0.39 is 0 Å². The van der Waals surface area contributed by atoms with E-state index in [9.17, 15) is 0 Å². The SMILES string of the molecule is Cc1ncccc1C(N)C1CCOC2(CCCCC2)C1. The molecule has 0 aromatic carbocycles. The van der Waals surface area contributed by atoms with Crippen LogP contribution in [0.25, 0.3) is 0 Å². The Bertz CT molecular complexity index is 449. The summed E-state index contributed by atoms with van der Waals surface area (Å²) in [6.07, 6.45) is 10.5. The van der Waals surface area contributed by atoms with Crippen LogP contribution in [0.5, 0.6) is 0 Å². The van der Waals surface area contributed by atoms with Crippen molar-refractivity contribution in [2.24, 2.45) is 11.7 Å². The molecule has 0 amide bonds. The van der Waals surface area contributed by atoms with Gasteiger partial charge in [0.25, 0.3) is 0 Å². The maximum atomic E-state index is 6.56. The Kier molecular flexibility index (Phi) is 4.08. The lowest BCUT2D eigenvalue weighted by atomic mass is 9.73. The highest BCUT2D eigenvalue weighted by Gasteiger charge is 2.40. The molecule has 0 radical (unpaired) electrons. The summed E-state index contributed by atoms with van der Waals surface area (Å²) >= 11 is 0. The molecular weight excluding hydrogens is 248 g/mol. The summed E-state index contributed by atoms with van der Waals surface area (Å²) in [5, 5.41) is 0. The van der Waals surface area contributed by atoms with Crippen LogP contribution >= 0.6 is 0 Å². The number of aryl methyl sites for hydroxylation is 1. The van der Waals surface area contributed by atoms with Crippen molar-refractivity contribution in [3.63, 3.8) is 0 Å². The van der Waals surface area contributed by atoms with Crippen molar-refractivity contribution >= 4 is 0 Å². The minimum Gasteiger partial charge on any atom is -0.375 e. The fourth-order valence-electron chi connectivity index (χ4n) is 4.02. The second-order valence-corrected chi connectivity index (χ2v) is 6.55. The molecule has 2 N–H and O–H groups in total. The van der Waals surface area contributed by atoms with Crippen LogP contribution in [0.15, 0.2) is 18.3 Å². The van der Waals surface area contributed by atoms with Gasteiger partial charge >= 0.3 is 0 Å². The van der Waals surface area contributed by atoms with Gasteiger partial charge in [-0.3, -0.25) is 4.98 Å². The van der Waals surface area contributed by atoms with E-state index in [0.29, 0.717) is 5.92 Å². The lowest BCUT2D eigenvalue weighted by Crippen LogP contribution is -2.44. The molecular formula is C17H26N2O. The van der Waals surface area contributed by atoms with E-state index >= 15 is 0 Å². The van der Waals surface area contributed by atoms with Crippen molar-refractivity contribution in [1.29, 1.82) is 0 Å². The zero-order chi connectivity index (χ0) is 14.0. The quantitative estimate of drug-likeness (QED) is 0.897. The van der Waals surface area contributed by atoms with E-state index in [1.54, 1.807) is 0 Å². The summed E-state index contributed by atoms with van der Waals surface area (Å²) in [7, 11) is 0. The predicted octanol–water partition coefficient (Wildman–Crippen LogP) is 3.52. The minimum atomic E-state index is 0.103. The van der Waals surface area contributed by atoms with E-state index in [4.69, 9.17) is 10.5 Å². The summed E-state index contributed by atoms with van der Waals surface area (Å²) in [5.74, 6) is 0.532. The molecule has 2 unspecified atom stereocenters. The van der Waals surface area contributed by atoms with Gasteiger partial charge < -0.3 is 10.5 Å². The zero-order valence-electron chi connectivity index (χ0n) is 12.5. The molecule has 1 aromatic heterocycles. The molecule has 3 nitrogen and oxygen atoms in total. The van der Waals surface area contributed by atoms with E-state index in [2.05, 4.69) is 18.0 Å². The zero-order valence-corrected chi connectivity index (χ0v) is 12.5. The highest BCUT2D eigenvalue weighted by molar-refractivity contribution is 5.23. The van der Waals surface area contributed by atoms with Crippen molar-refractivity contribution in [3.05, 3.63) is 29.6 Å². The highest BCUT2D eigenvalue weighted by atomic mass is 16.5. The maximum absolute atomic E-state index is 6.56. The molecule has 2 fully saturated rings. The van der Waals surface area contributed by atoms with Crippen LogP contribution in [0.1, 0.15) is 62.2 Å². The fourth-order valence-corrected chi connectivity index (χ4v) is 4.02. The topological polar surface area (TPSA) is 48.1 Å². The van der Waals surface area contributed by atoms with Gasteiger partial charge in [0.1, 0.15) is 0 Å². The normalized spacial score (nSPS) is 27.4. The Morgan fingerprint density at radius 3 is 2.90 bits per heavy atom. The average molecular weight is 274 g/mol. The molecule has 1 aliphatic heterocycles. The Morgan fingerprint density at radius 2 is 2.15 bits per heavy atom. The van der Waals surface area contributed by atoms with Crippen LogP contribution in [0, 0.1) is 12.8 Å². The van der Waals surface area contributed by atoms with Gasteiger partial charge in [0.15, 0.2) is 0 Å². The van der Waals surface area contributed by atoms with Crippen molar-refractivity contribution < 1.29 is 4.74 Å². The number of hydrogen-bond acceptors (Lipinski definition) is 3. The molecule has 2 aliphatic rings. The third kappa shape index (κ3) is 2.75. The molecule has 1 saturated carbocycles. The lowest BCUT2D eigenvalue weighted by Gasteiger charge is -2.45. The van der Waals surface area contributed by atoms with Gasteiger partial charge in [-0.2, -0.15) is 0 Å². The van der Waals surface area contributed by atoms with Gasteiger partial charge in [0.2, 0.25) is 0 Å². The van der Waals surface area contributed by atoms with Crippen molar-refractivity contribution in [2.75, 3.05) is 6.61 Å². The second kappa shape index (κ2) is 5.82. The third-order valence-electron chi connectivity index (χ3n) is 5.21. The van der Waals surface area contributed by atoms with Crippen LogP contribution in [0.4, 0.5) is 0 Å². The van der Waals surface area contributed by atoms with E-state index in [1.165, 1.54) is 37.7 Å². The molecule has 3 rings (SSSR count). The largest absolute Gasteiger partial charge is 0.375 e. The van der Waals surface area contributed by atoms with E-state index in [1.807, 2.05) is 12.3 Å². The number of nitrogens with zero attached hydrogens (tertiary/aromatic N) is 1. The highest BCUT2D eigenvalue weighted by Crippen LogP contribution is 2.43. The number of ether oxygens (including phenoxy) is 1. The van der Waals surface area contributed by atoms with Crippen molar-refractivity contribution in [1.82, 2.24) is 4.98 Å². The summed E-state index contributed by atoms with van der Waals surface area (Å²) in [6, 6.07) is 4.24. The minimum absolute atomic E-state index is 0.103. The first kappa shape index (κ1) is 14.0. The molecule has 3 heteroatoms. The molecule has 20 heavy (non-hydrogen) atoms. The summed E-state index contributed by atoms with van der Waals surface area (Å²) in [4.78, 5) is 4.39. The second-order valence-electron chi connectivity index (χ2n) is 6.55. The molecule has 1 aliphatic carbocycles. The maximum Gasteiger partial charge on any atom is 0.0685 e. The summed E-state index contributed by atoms with van der Waals surface area (Å²) in [6.45, 7) is 2.93. The molecule has 1 saturated heterocycles. The van der Waals surface area contributed by atoms with Gasteiger partial charge in [0, 0.05) is 24.5 Å². The standard InChI is InChI=1S/C17H26N2O/c1-13-15(6-5-10-19-13)16(18)14-7-11-20-17(12-14)8-3-2-4-9-17/h5-6,10,14,16H,2-4,7-9,11-12,18H2,1H3. The molecule has 0 bridgehead atoms. The lowest BCUT2D eigenvalue weighted by molar-refractivity contribution is -0.120. The molecule has 110 valence electrons. The number of pyridine rings is 1.